The third-order valence-electron chi connectivity index (χ3n) is 6.92. The number of ether oxygens (including phenoxy) is 2. The van der Waals surface area contributed by atoms with Crippen molar-refractivity contribution in [1.29, 1.82) is 0 Å². The highest BCUT2D eigenvalue weighted by Crippen LogP contribution is 2.62. The van der Waals surface area contributed by atoms with E-state index in [9.17, 15) is 13.2 Å². The van der Waals surface area contributed by atoms with Crippen molar-refractivity contribution in [3.8, 4) is 11.5 Å². The molecule has 8 nitrogen and oxygen atoms in total. The predicted molar refractivity (Wildman–Crippen MR) is 139 cm³/mol. The molecule has 2 aromatic carbocycles. The van der Waals surface area contributed by atoms with Gasteiger partial charge in [-0.1, -0.05) is 23.8 Å². The van der Waals surface area contributed by atoms with Crippen LogP contribution in [0.5, 0.6) is 11.5 Å². The Bertz CT molecular complexity index is 1640. The van der Waals surface area contributed by atoms with Crippen LogP contribution in [-0.2, 0) is 20.2 Å². The van der Waals surface area contributed by atoms with Crippen LogP contribution in [-0.4, -0.2) is 38.5 Å². The number of rotatable bonds is 7. The first kappa shape index (κ1) is 24.7. The maximum atomic E-state index is 14.0. The van der Waals surface area contributed by atoms with Crippen LogP contribution in [0.25, 0.3) is 10.9 Å². The summed E-state index contributed by atoms with van der Waals surface area (Å²) in [6, 6.07) is 15.7. The second kappa shape index (κ2) is 9.15. The van der Waals surface area contributed by atoms with Crippen LogP contribution in [0.4, 0.5) is 0 Å². The zero-order valence-corrected chi connectivity index (χ0v) is 21.8. The fourth-order valence-electron chi connectivity index (χ4n) is 4.98. The smallest absolute Gasteiger partial charge is 0.264 e. The van der Waals surface area contributed by atoms with E-state index in [4.69, 9.17) is 9.47 Å². The zero-order chi connectivity index (χ0) is 26.4. The Balaban J connectivity index is 1.60. The molecule has 0 bridgehead atoms. The summed E-state index contributed by atoms with van der Waals surface area (Å²) in [6.07, 6.45) is 3.65. The number of aryl methyl sites for hydroxylation is 2. The van der Waals surface area contributed by atoms with Crippen molar-refractivity contribution in [3.05, 3.63) is 89.4 Å². The number of carbonyl (C=O) groups is 1. The maximum absolute atomic E-state index is 14.0. The van der Waals surface area contributed by atoms with Crippen molar-refractivity contribution >= 4 is 26.8 Å². The van der Waals surface area contributed by atoms with Gasteiger partial charge in [0.1, 0.15) is 11.5 Å². The number of methoxy groups -OCH3 is 2. The van der Waals surface area contributed by atoms with E-state index in [2.05, 4.69) is 14.7 Å². The van der Waals surface area contributed by atoms with Crippen molar-refractivity contribution in [2.75, 3.05) is 14.2 Å². The van der Waals surface area contributed by atoms with Gasteiger partial charge in [0.25, 0.3) is 10.0 Å². The fraction of sp³-hybridized carbons (Fsp3) is 0.250. The molecule has 37 heavy (non-hydrogen) atoms. The van der Waals surface area contributed by atoms with Gasteiger partial charge in [-0.3, -0.25) is 14.8 Å². The van der Waals surface area contributed by atoms with E-state index < -0.39 is 21.3 Å². The minimum atomic E-state index is -4.22. The molecule has 2 atom stereocenters. The van der Waals surface area contributed by atoms with Gasteiger partial charge in [0, 0.05) is 28.8 Å². The number of sulfonamides is 1. The monoisotopic (exact) mass is 517 g/mol. The molecule has 5 rings (SSSR count). The van der Waals surface area contributed by atoms with Gasteiger partial charge in [0.05, 0.1) is 36.2 Å². The molecule has 0 aliphatic heterocycles. The number of amides is 1. The van der Waals surface area contributed by atoms with E-state index in [1.54, 1.807) is 49.8 Å². The van der Waals surface area contributed by atoms with E-state index in [-0.39, 0.29) is 10.8 Å². The zero-order valence-electron chi connectivity index (χ0n) is 21.0. The lowest BCUT2D eigenvalue weighted by atomic mass is 9.88. The molecule has 4 aromatic rings. The van der Waals surface area contributed by atoms with Crippen LogP contribution in [0.1, 0.15) is 34.7 Å². The molecule has 0 spiro atoms. The number of carbonyl (C=O) groups excluding carboxylic acids is 1. The number of hydrogen-bond acceptors (Lipinski definition) is 7. The topological polar surface area (TPSA) is 107 Å². The Morgan fingerprint density at radius 1 is 1.03 bits per heavy atom. The third kappa shape index (κ3) is 4.29. The Morgan fingerprint density at radius 3 is 2.59 bits per heavy atom. The summed E-state index contributed by atoms with van der Waals surface area (Å²) < 4.78 is 40.5. The maximum Gasteiger partial charge on any atom is 0.264 e. The van der Waals surface area contributed by atoms with E-state index >= 15 is 0 Å². The molecule has 0 radical (unpaired) electrons. The summed E-state index contributed by atoms with van der Waals surface area (Å²) in [5.74, 6) is 0.126. The largest absolute Gasteiger partial charge is 0.496 e. The van der Waals surface area contributed by atoms with Gasteiger partial charge in [0.2, 0.25) is 5.91 Å². The number of pyridine rings is 2. The highest BCUT2D eigenvalue weighted by molar-refractivity contribution is 7.90. The SMILES string of the molecule is COc1cncc([C@H]2C[C@@]2(C(=O)NS(=O)(=O)c2cccc3nc(C)ccc23)c2cc(C)ccc2OC)c1. The van der Waals surface area contributed by atoms with Crippen LogP contribution < -0.4 is 14.2 Å². The van der Waals surface area contributed by atoms with Crippen molar-refractivity contribution in [1.82, 2.24) is 14.7 Å². The Labute approximate surface area is 215 Å². The van der Waals surface area contributed by atoms with Crippen molar-refractivity contribution in [2.45, 2.75) is 36.5 Å². The molecule has 1 fully saturated rings. The summed E-state index contributed by atoms with van der Waals surface area (Å²) in [5, 5.41) is 0.444. The second-order valence-electron chi connectivity index (χ2n) is 9.30. The fourth-order valence-corrected chi connectivity index (χ4v) is 6.23. The van der Waals surface area contributed by atoms with E-state index in [0.29, 0.717) is 34.4 Å². The quantitative estimate of drug-likeness (QED) is 0.392. The number of fused-ring (bicyclic) bond motifs is 1. The van der Waals surface area contributed by atoms with Crippen LogP contribution >= 0.6 is 0 Å². The molecule has 1 saturated carbocycles. The standard InChI is InChI=1S/C28H27N3O5S/c1-17-8-11-25(36-4)22(12-17)28(14-23(28)19-13-20(35-3)16-29-15-19)27(32)31-37(33,34)26-7-5-6-24-21(26)10-9-18(2)30-24/h5-13,15-16,23H,14H2,1-4H3,(H,31,32)/t23-,28-/m1/s1. The first-order valence-corrected chi connectivity index (χ1v) is 13.3. The Hall–Kier alpha value is -3.98. The van der Waals surface area contributed by atoms with Crippen LogP contribution in [0.2, 0.25) is 0 Å². The van der Waals surface area contributed by atoms with Crippen LogP contribution in [0.3, 0.4) is 0 Å². The van der Waals surface area contributed by atoms with Gasteiger partial charge in [-0.05, 0) is 62.2 Å². The number of aromatic nitrogens is 2. The highest BCUT2D eigenvalue weighted by atomic mass is 32.2. The molecule has 1 amide bonds. The van der Waals surface area contributed by atoms with Crippen LogP contribution in [0.15, 0.2) is 71.9 Å². The van der Waals surface area contributed by atoms with Crippen molar-refractivity contribution in [3.63, 3.8) is 0 Å². The van der Waals surface area contributed by atoms with Gasteiger partial charge < -0.3 is 9.47 Å². The summed E-state index contributed by atoms with van der Waals surface area (Å²) in [5.41, 5.74) is 2.47. The molecular formula is C28H27N3O5S. The predicted octanol–water partition coefficient (Wildman–Crippen LogP) is 4.19. The van der Waals surface area contributed by atoms with Gasteiger partial charge in [-0.25, -0.2) is 13.1 Å². The van der Waals surface area contributed by atoms with E-state index in [1.165, 1.54) is 13.2 Å². The molecule has 0 saturated heterocycles. The average molecular weight is 518 g/mol. The number of benzene rings is 2. The Morgan fingerprint density at radius 2 is 1.84 bits per heavy atom. The highest BCUT2D eigenvalue weighted by Gasteiger charge is 2.63. The second-order valence-corrected chi connectivity index (χ2v) is 11.0. The molecule has 190 valence electrons. The average Bonchev–Trinajstić information content (AvgIpc) is 3.65. The lowest BCUT2D eigenvalue weighted by molar-refractivity contribution is -0.122. The van der Waals surface area contributed by atoms with Gasteiger partial charge >= 0.3 is 0 Å². The van der Waals surface area contributed by atoms with E-state index in [0.717, 1.165) is 16.8 Å². The van der Waals surface area contributed by atoms with Crippen LogP contribution in [0, 0.1) is 13.8 Å². The molecule has 1 N–H and O–H groups in total. The summed E-state index contributed by atoms with van der Waals surface area (Å²) in [4.78, 5) is 22.7. The summed E-state index contributed by atoms with van der Waals surface area (Å²) >= 11 is 0. The third-order valence-corrected chi connectivity index (χ3v) is 8.31. The first-order valence-electron chi connectivity index (χ1n) is 11.8. The number of nitrogens with zero attached hydrogens (tertiary/aromatic N) is 2. The van der Waals surface area contributed by atoms with Gasteiger partial charge in [-0.2, -0.15) is 0 Å². The first-order chi connectivity index (χ1) is 17.7. The lowest BCUT2D eigenvalue weighted by Crippen LogP contribution is -2.40. The minimum absolute atomic E-state index is 0.00236. The van der Waals surface area contributed by atoms with Gasteiger partial charge in [0.15, 0.2) is 0 Å². The molecule has 2 aromatic heterocycles. The normalized spacial score (nSPS) is 18.9. The number of hydrogen-bond donors (Lipinski definition) is 1. The minimum Gasteiger partial charge on any atom is -0.496 e. The van der Waals surface area contributed by atoms with Gasteiger partial charge in [-0.15, -0.1) is 0 Å². The summed E-state index contributed by atoms with van der Waals surface area (Å²) in [6.45, 7) is 3.75. The van der Waals surface area contributed by atoms with Crippen molar-refractivity contribution in [2.24, 2.45) is 0 Å². The molecule has 1 aliphatic carbocycles. The molecule has 9 heteroatoms. The van der Waals surface area contributed by atoms with E-state index in [1.807, 2.05) is 32.0 Å². The molecule has 0 unspecified atom stereocenters. The molecule has 1 aliphatic rings. The summed E-state index contributed by atoms with van der Waals surface area (Å²) in [7, 11) is -1.14. The lowest BCUT2D eigenvalue weighted by Gasteiger charge is -2.21. The number of nitrogens with one attached hydrogen (secondary N) is 1. The molecule has 2 heterocycles. The Kier molecular flexibility index (Phi) is 6.11. The molecular weight excluding hydrogens is 490 g/mol. The van der Waals surface area contributed by atoms with Crippen molar-refractivity contribution < 1.29 is 22.7 Å².